The predicted octanol–water partition coefficient (Wildman–Crippen LogP) is 0.732. The standard InChI is InChI=1S/C11H21N3O3S/c1-4-11(2,3)13-18(16,17)10-8-12-14(9-10)6-5-7-15/h8-9,13,15H,4-7H2,1-3H3. The average Bonchev–Trinajstić information content (AvgIpc) is 2.74. The minimum Gasteiger partial charge on any atom is -0.396 e. The van der Waals surface area contributed by atoms with Gasteiger partial charge in [-0.05, 0) is 26.7 Å². The summed E-state index contributed by atoms with van der Waals surface area (Å²) in [5, 5.41) is 12.7. The number of nitrogens with zero attached hydrogens (tertiary/aromatic N) is 2. The molecule has 0 saturated carbocycles. The van der Waals surface area contributed by atoms with Crippen LogP contribution >= 0.6 is 0 Å². The van der Waals surface area contributed by atoms with Crippen molar-refractivity contribution in [3.63, 3.8) is 0 Å². The Labute approximate surface area is 108 Å². The molecule has 18 heavy (non-hydrogen) atoms. The fraction of sp³-hybridized carbons (Fsp3) is 0.727. The molecular weight excluding hydrogens is 254 g/mol. The molecule has 1 aromatic heterocycles. The Morgan fingerprint density at radius 2 is 2.17 bits per heavy atom. The Bertz CT molecular complexity index is 479. The minimum absolute atomic E-state index is 0.0586. The molecule has 0 atom stereocenters. The molecule has 0 bridgehead atoms. The minimum atomic E-state index is -3.53. The van der Waals surface area contributed by atoms with Crippen LogP contribution in [0.4, 0.5) is 0 Å². The number of nitrogens with one attached hydrogen (secondary N) is 1. The Morgan fingerprint density at radius 1 is 1.50 bits per heavy atom. The largest absolute Gasteiger partial charge is 0.396 e. The van der Waals surface area contributed by atoms with E-state index in [4.69, 9.17) is 5.11 Å². The van der Waals surface area contributed by atoms with E-state index in [1.807, 2.05) is 20.8 Å². The average molecular weight is 275 g/mol. The second-order valence-electron chi connectivity index (χ2n) is 4.86. The molecule has 0 amide bonds. The van der Waals surface area contributed by atoms with Gasteiger partial charge in [0.15, 0.2) is 0 Å². The molecule has 0 aliphatic heterocycles. The summed E-state index contributed by atoms with van der Waals surface area (Å²) in [7, 11) is -3.53. The van der Waals surface area contributed by atoms with E-state index < -0.39 is 15.6 Å². The van der Waals surface area contributed by atoms with Gasteiger partial charge in [0.05, 0.1) is 6.20 Å². The van der Waals surface area contributed by atoms with Crippen LogP contribution in [0.1, 0.15) is 33.6 Å². The predicted molar refractivity (Wildman–Crippen MR) is 68.6 cm³/mol. The van der Waals surface area contributed by atoms with Gasteiger partial charge in [0, 0.05) is 24.9 Å². The van der Waals surface area contributed by atoms with Gasteiger partial charge in [0.25, 0.3) is 0 Å². The van der Waals surface area contributed by atoms with E-state index in [9.17, 15) is 8.42 Å². The topological polar surface area (TPSA) is 84.2 Å². The van der Waals surface area contributed by atoms with Gasteiger partial charge in [-0.25, -0.2) is 13.1 Å². The number of aryl methyl sites for hydroxylation is 1. The summed E-state index contributed by atoms with van der Waals surface area (Å²) >= 11 is 0. The third-order valence-electron chi connectivity index (χ3n) is 2.76. The monoisotopic (exact) mass is 275 g/mol. The van der Waals surface area contributed by atoms with Crippen LogP contribution in [0, 0.1) is 0 Å². The maximum absolute atomic E-state index is 12.1. The van der Waals surface area contributed by atoms with Crippen LogP contribution in [-0.2, 0) is 16.6 Å². The second kappa shape index (κ2) is 5.81. The molecule has 1 heterocycles. The number of aliphatic hydroxyl groups is 1. The second-order valence-corrected chi connectivity index (χ2v) is 6.54. The van der Waals surface area contributed by atoms with E-state index in [1.165, 1.54) is 17.1 Å². The molecule has 6 nitrogen and oxygen atoms in total. The van der Waals surface area contributed by atoms with Crippen molar-refractivity contribution in [3.8, 4) is 0 Å². The van der Waals surface area contributed by atoms with Gasteiger partial charge in [-0.2, -0.15) is 5.10 Å². The zero-order chi connectivity index (χ0) is 13.8. The van der Waals surface area contributed by atoms with E-state index in [0.29, 0.717) is 19.4 Å². The Kier molecular flexibility index (Phi) is 4.89. The molecule has 104 valence electrons. The highest BCUT2D eigenvalue weighted by molar-refractivity contribution is 7.89. The van der Waals surface area contributed by atoms with Crippen molar-refractivity contribution < 1.29 is 13.5 Å². The van der Waals surface area contributed by atoms with Crippen LogP contribution in [0.3, 0.4) is 0 Å². The summed E-state index contributed by atoms with van der Waals surface area (Å²) in [5.41, 5.74) is -0.480. The number of aliphatic hydroxyl groups excluding tert-OH is 1. The molecule has 0 radical (unpaired) electrons. The van der Waals surface area contributed by atoms with Crippen LogP contribution in [0.15, 0.2) is 17.3 Å². The molecule has 1 rings (SSSR count). The molecule has 0 fully saturated rings. The summed E-state index contributed by atoms with van der Waals surface area (Å²) in [5.74, 6) is 0. The van der Waals surface area contributed by atoms with Gasteiger partial charge in [-0.1, -0.05) is 6.92 Å². The summed E-state index contributed by atoms with van der Waals surface area (Å²) < 4.78 is 28.3. The molecule has 0 aliphatic rings. The van der Waals surface area contributed by atoms with Crippen molar-refractivity contribution >= 4 is 10.0 Å². The summed E-state index contributed by atoms with van der Waals surface area (Å²) in [6, 6.07) is 0. The number of hydrogen-bond acceptors (Lipinski definition) is 4. The number of rotatable bonds is 7. The van der Waals surface area contributed by atoms with Crippen LogP contribution in [0.2, 0.25) is 0 Å². The molecule has 0 spiro atoms. The Hall–Kier alpha value is -0.920. The van der Waals surface area contributed by atoms with E-state index in [2.05, 4.69) is 9.82 Å². The van der Waals surface area contributed by atoms with Gasteiger partial charge in [0.2, 0.25) is 10.0 Å². The van der Waals surface area contributed by atoms with E-state index in [1.54, 1.807) is 0 Å². The lowest BCUT2D eigenvalue weighted by atomic mass is 10.0. The van der Waals surface area contributed by atoms with E-state index in [-0.39, 0.29) is 11.5 Å². The molecule has 0 unspecified atom stereocenters. The molecule has 1 aromatic rings. The zero-order valence-electron chi connectivity index (χ0n) is 11.0. The Morgan fingerprint density at radius 3 is 2.72 bits per heavy atom. The molecular formula is C11H21N3O3S. The SMILES string of the molecule is CCC(C)(C)NS(=O)(=O)c1cnn(CCCO)c1. The number of sulfonamides is 1. The van der Waals surface area contributed by atoms with Crippen molar-refractivity contribution in [2.75, 3.05) is 6.61 Å². The normalized spacial score (nSPS) is 12.9. The first kappa shape index (κ1) is 15.1. The molecule has 0 aliphatic carbocycles. The van der Waals surface area contributed by atoms with Crippen LogP contribution in [0.25, 0.3) is 0 Å². The molecule has 0 aromatic carbocycles. The highest BCUT2D eigenvalue weighted by atomic mass is 32.2. The first-order valence-electron chi connectivity index (χ1n) is 5.98. The number of hydrogen-bond donors (Lipinski definition) is 2. The first-order valence-corrected chi connectivity index (χ1v) is 7.46. The summed E-state index contributed by atoms with van der Waals surface area (Å²) in [6.07, 6.45) is 4.05. The maximum Gasteiger partial charge on any atom is 0.244 e. The van der Waals surface area contributed by atoms with Gasteiger partial charge >= 0.3 is 0 Å². The quantitative estimate of drug-likeness (QED) is 0.768. The van der Waals surface area contributed by atoms with Crippen molar-refractivity contribution in [3.05, 3.63) is 12.4 Å². The van der Waals surface area contributed by atoms with Gasteiger partial charge in [-0.3, -0.25) is 4.68 Å². The molecule has 0 saturated heterocycles. The van der Waals surface area contributed by atoms with Crippen molar-refractivity contribution in [2.45, 2.75) is 50.6 Å². The van der Waals surface area contributed by atoms with Crippen molar-refractivity contribution in [2.24, 2.45) is 0 Å². The van der Waals surface area contributed by atoms with Gasteiger partial charge in [-0.15, -0.1) is 0 Å². The van der Waals surface area contributed by atoms with Crippen LogP contribution in [0.5, 0.6) is 0 Å². The van der Waals surface area contributed by atoms with Crippen LogP contribution in [-0.4, -0.2) is 35.5 Å². The maximum atomic E-state index is 12.1. The summed E-state index contributed by atoms with van der Waals surface area (Å²) in [4.78, 5) is 0.155. The third-order valence-corrected chi connectivity index (χ3v) is 4.41. The van der Waals surface area contributed by atoms with Crippen molar-refractivity contribution in [1.29, 1.82) is 0 Å². The number of aromatic nitrogens is 2. The first-order chi connectivity index (χ1) is 8.30. The van der Waals surface area contributed by atoms with Gasteiger partial charge in [0.1, 0.15) is 4.90 Å². The van der Waals surface area contributed by atoms with Gasteiger partial charge < -0.3 is 5.11 Å². The lowest BCUT2D eigenvalue weighted by Crippen LogP contribution is -2.42. The highest BCUT2D eigenvalue weighted by Gasteiger charge is 2.25. The smallest absolute Gasteiger partial charge is 0.244 e. The third kappa shape index (κ3) is 4.08. The summed E-state index contributed by atoms with van der Waals surface area (Å²) in [6.45, 7) is 6.15. The highest BCUT2D eigenvalue weighted by Crippen LogP contribution is 2.14. The molecule has 2 N–H and O–H groups in total. The fourth-order valence-corrected chi connectivity index (χ4v) is 2.77. The van der Waals surface area contributed by atoms with Crippen LogP contribution < -0.4 is 4.72 Å². The fourth-order valence-electron chi connectivity index (χ4n) is 1.33. The Balaban J connectivity index is 2.82. The molecule has 7 heteroatoms. The lowest BCUT2D eigenvalue weighted by molar-refractivity contribution is 0.277. The van der Waals surface area contributed by atoms with E-state index >= 15 is 0 Å². The van der Waals surface area contributed by atoms with Crippen molar-refractivity contribution in [1.82, 2.24) is 14.5 Å². The lowest BCUT2D eigenvalue weighted by Gasteiger charge is -2.23. The van der Waals surface area contributed by atoms with E-state index in [0.717, 1.165) is 0 Å². The zero-order valence-corrected chi connectivity index (χ0v) is 11.9.